The Morgan fingerprint density at radius 1 is 1.29 bits per heavy atom. The van der Waals surface area contributed by atoms with E-state index in [1.807, 2.05) is 30.3 Å². The lowest BCUT2D eigenvalue weighted by Gasteiger charge is -2.21. The van der Waals surface area contributed by atoms with Crippen LogP contribution in [-0.4, -0.2) is 16.6 Å². The molecule has 1 heterocycles. The van der Waals surface area contributed by atoms with Gasteiger partial charge in [0, 0.05) is 5.56 Å². The maximum atomic E-state index is 12.7. The Morgan fingerprint density at radius 2 is 1.94 bits per heavy atom. The first kappa shape index (κ1) is 11.7. The molecule has 0 saturated heterocycles. The molecule has 0 spiro atoms. The zero-order valence-electron chi connectivity index (χ0n) is 9.32. The summed E-state index contributed by atoms with van der Waals surface area (Å²) in [6.45, 7) is 1.28. The summed E-state index contributed by atoms with van der Waals surface area (Å²) in [5.74, 6) is 0. The highest BCUT2D eigenvalue weighted by Gasteiger charge is 2.34. The van der Waals surface area contributed by atoms with E-state index in [9.17, 15) is 8.78 Å². The van der Waals surface area contributed by atoms with Crippen LogP contribution >= 0.6 is 0 Å². The Balaban J connectivity index is 2.35. The minimum atomic E-state index is -2.65. The largest absolute Gasteiger partial charge is 0.316 e. The summed E-state index contributed by atoms with van der Waals surface area (Å²) in [5, 5.41) is 6.57. The predicted molar refractivity (Wildman–Crippen MR) is 61.6 cm³/mol. The molecule has 17 heavy (non-hydrogen) atoms. The maximum absolute atomic E-state index is 12.7. The summed E-state index contributed by atoms with van der Waals surface area (Å²) in [7, 11) is 0. The summed E-state index contributed by atoms with van der Waals surface area (Å²) in [5.41, 5.74) is 5.54. The summed E-state index contributed by atoms with van der Waals surface area (Å²) < 4.78 is 25.5. The normalized spacial score (nSPS) is 14.9. The number of alkyl halides is 2. The Hall–Kier alpha value is -1.75. The first-order valence-corrected chi connectivity index (χ1v) is 5.20. The highest BCUT2D eigenvalue weighted by atomic mass is 19.3. The van der Waals surface area contributed by atoms with Gasteiger partial charge in [0.05, 0.1) is 11.4 Å². The second-order valence-corrected chi connectivity index (χ2v) is 4.12. The predicted octanol–water partition coefficient (Wildman–Crippen LogP) is 2.52. The quantitative estimate of drug-likeness (QED) is 0.861. The second kappa shape index (κ2) is 4.25. The lowest BCUT2D eigenvalue weighted by atomic mass is 9.99. The highest BCUT2D eigenvalue weighted by molar-refractivity contribution is 5.59. The number of nitrogens with zero attached hydrogens (tertiary/aromatic N) is 1. The number of aromatic nitrogens is 2. The first-order chi connectivity index (χ1) is 8.01. The number of H-pyrrole nitrogens is 1. The van der Waals surface area contributed by atoms with Crippen LogP contribution in [0.1, 0.15) is 12.6 Å². The van der Waals surface area contributed by atoms with Crippen molar-refractivity contribution in [2.45, 2.75) is 18.9 Å². The van der Waals surface area contributed by atoms with Crippen molar-refractivity contribution in [1.29, 1.82) is 0 Å². The number of nitrogens with two attached hydrogens (primary N) is 1. The number of aromatic amines is 1. The molecule has 1 unspecified atom stereocenters. The van der Waals surface area contributed by atoms with Gasteiger partial charge in [-0.25, -0.2) is 8.78 Å². The fraction of sp³-hybridized carbons (Fsp3) is 0.250. The SMILES string of the molecule is CC(N)(c1cc(-c2ccccc2)n[nH]1)C(F)F. The molecule has 5 heteroatoms. The van der Waals surface area contributed by atoms with E-state index in [2.05, 4.69) is 10.2 Å². The van der Waals surface area contributed by atoms with Crippen molar-refractivity contribution in [3.8, 4) is 11.3 Å². The van der Waals surface area contributed by atoms with Gasteiger partial charge >= 0.3 is 0 Å². The minimum Gasteiger partial charge on any atom is -0.316 e. The van der Waals surface area contributed by atoms with Gasteiger partial charge in [-0.2, -0.15) is 5.10 Å². The fourth-order valence-electron chi connectivity index (χ4n) is 1.47. The molecule has 0 aliphatic carbocycles. The molecule has 90 valence electrons. The van der Waals surface area contributed by atoms with Crippen molar-refractivity contribution in [2.75, 3.05) is 0 Å². The van der Waals surface area contributed by atoms with Gasteiger partial charge in [-0.05, 0) is 13.0 Å². The molecule has 0 aliphatic rings. The zero-order chi connectivity index (χ0) is 12.5. The van der Waals surface area contributed by atoms with Gasteiger partial charge < -0.3 is 5.73 Å². The van der Waals surface area contributed by atoms with Crippen LogP contribution in [0, 0.1) is 0 Å². The van der Waals surface area contributed by atoms with E-state index < -0.39 is 12.0 Å². The smallest absolute Gasteiger partial charge is 0.261 e. The van der Waals surface area contributed by atoms with Gasteiger partial charge in [0.2, 0.25) is 0 Å². The van der Waals surface area contributed by atoms with Crippen LogP contribution < -0.4 is 5.73 Å². The fourth-order valence-corrected chi connectivity index (χ4v) is 1.47. The van der Waals surface area contributed by atoms with Crippen LogP contribution in [0.5, 0.6) is 0 Å². The van der Waals surface area contributed by atoms with E-state index in [1.54, 1.807) is 6.07 Å². The Bertz CT molecular complexity index is 491. The summed E-state index contributed by atoms with van der Waals surface area (Å²) in [6, 6.07) is 10.9. The van der Waals surface area contributed by atoms with Crippen molar-refractivity contribution < 1.29 is 8.78 Å². The molecule has 2 rings (SSSR count). The number of halogens is 2. The zero-order valence-corrected chi connectivity index (χ0v) is 9.32. The number of benzene rings is 1. The van der Waals surface area contributed by atoms with Crippen LogP contribution in [0.2, 0.25) is 0 Å². The third-order valence-electron chi connectivity index (χ3n) is 2.68. The minimum absolute atomic E-state index is 0.228. The van der Waals surface area contributed by atoms with Gasteiger partial charge in [-0.3, -0.25) is 5.10 Å². The average molecular weight is 237 g/mol. The first-order valence-electron chi connectivity index (χ1n) is 5.20. The molecule has 0 saturated carbocycles. The summed E-state index contributed by atoms with van der Waals surface area (Å²) >= 11 is 0. The molecule has 3 nitrogen and oxygen atoms in total. The average Bonchev–Trinajstić information content (AvgIpc) is 2.80. The molecule has 1 aromatic heterocycles. The maximum Gasteiger partial charge on any atom is 0.261 e. The topological polar surface area (TPSA) is 54.7 Å². The molecule has 2 aromatic rings. The van der Waals surface area contributed by atoms with E-state index in [-0.39, 0.29) is 5.69 Å². The Kier molecular flexibility index (Phi) is 2.93. The van der Waals surface area contributed by atoms with Crippen molar-refractivity contribution >= 4 is 0 Å². The molecular formula is C12H13F2N3. The van der Waals surface area contributed by atoms with Gasteiger partial charge in [-0.1, -0.05) is 30.3 Å². The van der Waals surface area contributed by atoms with E-state index in [0.717, 1.165) is 5.56 Å². The Labute approximate surface area is 97.7 Å². The van der Waals surface area contributed by atoms with Crippen LogP contribution in [0.4, 0.5) is 8.78 Å². The third kappa shape index (κ3) is 2.19. The Morgan fingerprint density at radius 3 is 2.53 bits per heavy atom. The van der Waals surface area contributed by atoms with Crippen LogP contribution in [0.15, 0.2) is 36.4 Å². The molecule has 1 atom stereocenters. The van der Waals surface area contributed by atoms with Crippen molar-refractivity contribution in [3.63, 3.8) is 0 Å². The highest BCUT2D eigenvalue weighted by Crippen LogP contribution is 2.26. The monoisotopic (exact) mass is 237 g/mol. The molecule has 3 N–H and O–H groups in total. The van der Waals surface area contributed by atoms with E-state index in [4.69, 9.17) is 5.73 Å². The van der Waals surface area contributed by atoms with Crippen LogP contribution in [0.25, 0.3) is 11.3 Å². The number of nitrogens with one attached hydrogen (secondary N) is 1. The molecule has 0 fully saturated rings. The van der Waals surface area contributed by atoms with Crippen molar-refractivity contribution in [1.82, 2.24) is 10.2 Å². The standard InChI is InChI=1S/C12H13F2N3/c1-12(15,11(13)14)10-7-9(16-17-10)8-5-3-2-4-6-8/h2-7,11H,15H2,1H3,(H,16,17). The van der Waals surface area contributed by atoms with Crippen LogP contribution in [0.3, 0.4) is 0 Å². The second-order valence-electron chi connectivity index (χ2n) is 4.12. The van der Waals surface area contributed by atoms with Gasteiger partial charge in [-0.15, -0.1) is 0 Å². The summed E-state index contributed by atoms with van der Waals surface area (Å²) in [6.07, 6.45) is -2.65. The third-order valence-corrected chi connectivity index (χ3v) is 2.68. The summed E-state index contributed by atoms with van der Waals surface area (Å²) in [4.78, 5) is 0. The van der Waals surface area contributed by atoms with Crippen molar-refractivity contribution in [2.24, 2.45) is 5.73 Å². The molecule has 1 aromatic carbocycles. The van der Waals surface area contributed by atoms with Gasteiger partial charge in [0.25, 0.3) is 6.43 Å². The number of hydrogen-bond acceptors (Lipinski definition) is 2. The number of hydrogen-bond donors (Lipinski definition) is 2. The van der Waals surface area contributed by atoms with Gasteiger partial charge in [0.1, 0.15) is 5.54 Å². The van der Waals surface area contributed by atoms with Crippen LogP contribution in [-0.2, 0) is 5.54 Å². The van der Waals surface area contributed by atoms with Gasteiger partial charge in [0.15, 0.2) is 0 Å². The molecule has 0 bridgehead atoms. The molecular weight excluding hydrogens is 224 g/mol. The lowest BCUT2D eigenvalue weighted by Crippen LogP contribution is -2.41. The molecule has 0 aliphatic heterocycles. The molecule has 0 radical (unpaired) electrons. The van der Waals surface area contributed by atoms with E-state index in [0.29, 0.717) is 5.69 Å². The number of rotatable bonds is 3. The molecule has 0 amide bonds. The van der Waals surface area contributed by atoms with E-state index >= 15 is 0 Å². The lowest BCUT2D eigenvalue weighted by molar-refractivity contribution is 0.0601. The van der Waals surface area contributed by atoms with Crippen molar-refractivity contribution in [3.05, 3.63) is 42.1 Å². The van der Waals surface area contributed by atoms with E-state index in [1.165, 1.54) is 6.92 Å².